The van der Waals surface area contributed by atoms with Crippen LogP contribution in [0.5, 0.6) is 0 Å². The Labute approximate surface area is 161 Å². The molecule has 0 heterocycles. The largest absolute Gasteiger partial charge is 0.444 e. The summed E-state index contributed by atoms with van der Waals surface area (Å²) in [6.07, 6.45) is -0.560. The van der Waals surface area contributed by atoms with Crippen LogP contribution in [0.15, 0.2) is 29.2 Å². The summed E-state index contributed by atoms with van der Waals surface area (Å²) in [7, 11) is 0.821. The number of nitrogens with one attached hydrogen (secondary N) is 1. The molecule has 0 aliphatic carbocycles. The maximum absolute atomic E-state index is 12.6. The lowest BCUT2D eigenvalue weighted by Gasteiger charge is -2.25. The fourth-order valence-electron chi connectivity index (χ4n) is 2.27. The first-order chi connectivity index (χ1) is 12.2. The fourth-order valence-corrected chi connectivity index (χ4v) is 3.22. The summed E-state index contributed by atoms with van der Waals surface area (Å²) in [6, 6.07) is 5.53. The molecule has 0 fully saturated rings. The Hall–Kier alpha value is -2.13. The predicted molar refractivity (Wildman–Crippen MR) is 103 cm³/mol. The van der Waals surface area contributed by atoms with Crippen molar-refractivity contribution >= 4 is 22.0 Å². The molecule has 1 aromatic rings. The molecule has 9 heteroatoms. The van der Waals surface area contributed by atoms with Gasteiger partial charge in [0.1, 0.15) is 5.60 Å². The Bertz CT molecular complexity index is 784. The van der Waals surface area contributed by atoms with Crippen LogP contribution in [0.2, 0.25) is 0 Å². The first-order valence-corrected chi connectivity index (χ1v) is 9.95. The van der Waals surface area contributed by atoms with Crippen molar-refractivity contribution in [3.8, 4) is 0 Å². The van der Waals surface area contributed by atoms with E-state index in [2.05, 4.69) is 5.32 Å². The Morgan fingerprint density at radius 1 is 1.19 bits per heavy atom. The third-order valence-corrected chi connectivity index (χ3v) is 5.33. The topological polar surface area (TPSA) is 96.0 Å². The molecule has 0 saturated carbocycles. The summed E-state index contributed by atoms with van der Waals surface area (Å²) in [5.74, 6) is -0.344. The standard InChI is InChI=1S/C18H29N3O5S/c1-13(19-17(23)26-18(2,3)4)12-21(7)16(22)14-9-8-10-15(11-14)27(24,25)20(5)6/h8-11,13H,12H2,1-7H3,(H,19,23). The second kappa shape index (κ2) is 8.71. The van der Waals surface area contributed by atoms with E-state index in [1.54, 1.807) is 40.8 Å². The lowest BCUT2D eigenvalue weighted by atomic mass is 10.2. The van der Waals surface area contributed by atoms with Crippen molar-refractivity contribution < 1.29 is 22.7 Å². The highest BCUT2D eigenvalue weighted by Crippen LogP contribution is 2.16. The number of carbonyl (C=O) groups excluding carboxylic acids is 2. The monoisotopic (exact) mass is 399 g/mol. The second-order valence-corrected chi connectivity index (χ2v) is 9.70. The van der Waals surface area contributed by atoms with Gasteiger partial charge in [0.15, 0.2) is 0 Å². The van der Waals surface area contributed by atoms with Crippen molar-refractivity contribution in [2.75, 3.05) is 27.7 Å². The van der Waals surface area contributed by atoms with Gasteiger partial charge in [0.25, 0.3) is 5.91 Å². The molecule has 152 valence electrons. The molecule has 0 aliphatic heterocycles. The van der Waals surface area contributed by atoms with E-state index in [1.165, 1.54) is 37.2 Å². The van der Waals surface area contributed by atoms with Crippen LogP contribution < -0.4 is 5.32 Å². The van der Waals surface area contributed by atoms with Crippen LogP contribution >= 0.6 is 0 Å². The van der Waals surface area contributed by atoms with Crippen LogP contribution in [0.25, 0.3) is 0 Å². The average Bonchev–Trinajstić information content (AvgIpc) is 2.51. The number of nitrogens with zero attached hydrogens (tertiary/aromatic N) is 2. The van der Waals surface area contributed by atoms with Crippen molar-refractivity contribution in [3.63, 3.8) is 0 Å². The first-order valence-electron chi connectivity index (χ1n) is 8.51. The fraction of sp³-hybridized carbons (Fsp3) is 0.556. The van der Waals surface area contributed by atoms with Crippen LogP contribution in [-0.2, 0) is 14.8 Å². The molecule has 1 N–H and O–H groups in total. The van der Waals surface area contributed by atoms with Crippen LogP contribution in [-0.4, -0.2) is 69.0 Å². The molecule has 0 radical (unpaired) electrons. The molecule has 0 bridgehead atoms. The van der Waals surface area contributed by atoms with Gasteiger partial charge in [0.2, 0.25) is 10.0 Å². The van der Waals surface area contributed by atoms with Gasteiger partial charge in [0, 0.05) is 39.3 Å². The Morgan fingerprint density at radius 2 is 1.78 bits per heavy atom. The lowest BCUT2D eigenvalue weighted by Crippen LogP contribution is -2.44. The molecule has 1 rings (SSSR count). The number of benzene rings is 1. The molecule has 1 aromatic carbocycles. The number of likely N-dealkylation sites (N-methyl/N-ethyl adjacent to an activating group) is 1. The van der Waals surface area contributed by atoms with Crippen molar-refractivity contribution in [1.29, 1.82) is 0 Å². The maximum atomic E-state index is 12.6. The molecule has 0 aliphatic rings. The van der Waals surface area contributed by atoms with Crippen LogP contribution in [0.3, 0.4) is 0 Å². The van der Waals surface area contributed by atoms with Gasteiger partial charge in [-0.1, -0.05) is 6.07 Å². The molecule has 0 aromatic heterocycles. The summed E-state index contributed by atoms with van der Waals surface area (Å²) in [4.78, 5) is 25.9. The number of hydrogen-bond acceptors (Lipinski definition) is 5. The van der Waals surface area contributed by atoms with E-state index in [1.807, 2.05) is 0 Å². The summed E-state index contributed by atoms with van der Waals surface area (Å²) in [5, 5.41) is 2.67. The molecule has 1 unspecified atom stereocenters. The van der Waals surface area contributed by atoms with Gasteiger partial charge < -0.3 is 15.0 Å². The number of amides is 2. The minimum atomic E-state index is -3.63. The number of hydrogen-bond donors (Lipinski definition) is 1. The first kappa shape index (κ1) is 22.9. The smallest absolute Gasteiger partial charge is 0.407 e. The molecule has 0 saturated heterocycles. The summed E-state index contributed by atoms with van der Waals surface area (Å²) in [5.41, 5.74) is -0.353. The van der Waals surface area contributed by atoms with Crippen molar-refractivity contribution in [1.82, 2.24) is 14.5 Å². The van der Waals surface area contributed by atoms with E-state index in [4.69, 9.17) is 4.74 Å². The van der Waals surface area contributed by atoms with Crippen LogP contribution in [0, 0.1) is 0 Å². The highest BCUT2D eigenvalue weighted by molar-refractivity contribution is 7.89. The van der Waals surface area contributed by atoms with E-state index in [0.717, 1.165) is 4.31 Å². The highest BCUT2D eigenvalue weighted by atomic mass is 32.2. The summed E-state index contributed by atoms with van der Waals surface area (Å²) in [6.45, 7) is 7.29. The normalized spacial score (nSPS) is 13.2. The van der Waals surface area contributed by atoms with Crippen molar-refractivity contribution in [2.24, 2.45) is 0 Å². The second-order valence-electron chi connectivity index (χ2n) is 7.55. The van der Waals surface area contributed by atoms with E-state index in [9.17, 15) is 18.0 Å². The molecular formula is C18H29N3O5S. The minimum Gasteiger partial charge on any atom is -0.444 e. The van der Waals surface area contributed by atoms with Gasteiger partial charge >= 0.3 is 6.09 Å². The quantitative estimate of drug-likeness (QED) is 0.788. The van der Waals surface area contributed by atoms with Crippen LogP contribution in [0.1, 0.15) is 38.1 Å². The zero-order chi connectivity index (χ0) is 21.0. The lowest BCUT2D eigenvalue weighted by molar-refractivity contribution is 0.0491. The third kappa shape index (κ3) is 6.84. The molecule has 0 spiro atoms. The molecule has 1 atom stereocenters. The zero-order valence-electron chi connectivity index (χ0n) is 16.9. The third-order valence-electron chi connectivity index (χ3n) is 3.52. The van der Waals surface area contributed by atoms with Crippen LogP contribution in [0.4, 0.5) is 4.79 Å². The van der Waals surface area contributed by atoms with E-state index in [-0.39, 0.29) is 29.0 Å². The van der Waals surface area contributed by atoms with Gasteiger partial charge in [-0.25, -0.2) is 17.5 Å². The molecule has 8 nitrogen and oxygen atoms in total. The Kier molecular flexibility index (Phi) is 7.39. The van der Waals surface area contributed by atoms with E-state index in [0.29, 0.717) is 0 Å². The van der Waals surface area contributed by atoms with Gasteiger partial charge in [-0.05, 0) is 45.9 Å². The van der Waals surface area contributed by atoms with Crippen molar-refractivity contribution in [3.05, 3.63) is 29.8 Å². The van der Waals surface area contributed by atoms with Crippen molar-refractivity contribution in [2.45, 2.75) is 44.2 Å². The maximum Gasteiger partial charge on any atom is 0.407 e. The number of sulfonamides is 1. The Balaban J connectivity index is 2.81. The minimum absolute atomic E-state index is 0.0479. The highest BCUT2D eigenvalue weighted by Gasteiger charge is 2.22. The van der Waals surface area contributed by atoms with Gasteiger partial charge in [0.05, 0.1) is 4.90 Å². The van der Waals surface area contributed by atoms with E-state index >= 15 is 0 Å². The Morgan fingerprint density at radius 3 is 2.30 bits per heavy atom. The number of ether oxygens (including phenoxy) is 1. The van der Waals surface area contributed by atoms with Gasteiger partial charge in [-0.2, -0.15) is 0 Å². The number of carbonyl (C=O) groups is 2. The molecule has 27 heavy (non-hydrogen) atoms. The van der Waals surface area contributed by atoms with Gasteiger partial charge in [-0.15, -0.1) is 0 Å². The molecular weight excluding hydrogens is 370 g/mol. The zero-order valence-corrected chi connectivity index (χ0v) is 17.8. The predicted octanol–water partition coefficient (Wildman–Crippen LogP) is 1.92. The van der Waals surface area contributed by atoms with Gasteiger partial charge in [-0.3, -0.25) is 4.79 Å². The summed E-state index contributed by atoms with van der Waals surface area (Å²) >= 11 is 0. The molecule has 2 amide bonds. The number of alkyl carbamates (subject to hydrolysis) is 1. The SMILES string of the molecule is CC(CN(C)C(=O)c1cccc(S(=O)(=O)N(C)C)c1)NC(=O)OC(C)(C)C. The average molecular weight is 400 g/mol. The number of rotatable bonds is 6. The summed E-state index contributed by atoms with van der Waals surface area (Å²) < 4.78 is 30.7. The van der Waals surface area contributed by atoms with E-state index < -0.39 is 21.7 Å².